The molecule has 128 valence electrons. The largest absolute Gasteiger partial charge is 0.450 e. The van der Waals surface area contributed by atoms with Crippen LogP contribution < -0.4 is 10.6 Å². The van der Waals surface area contributed by atoms with Crippen molar-refractivity contribution in [1.29, 1.82) is 0 Å². The SMILES string of the molecule is CC(=O)Nc1nc(C)c(-c2ccc(C(=O)NC3CCC(O)C3)o2)s1. The molecule has 0 bridgehead atoms. The average molecular weight is 349 g/mol. The summed E-state index contributed by atoms with van der Waals surface area (Å²) in [5, 5.41) is 15.5. The number of thiazole rings is 1. The van der Waals surface area contributed by atoms with Gasteiger partial charge in [0.15, 0.2) is 10.9 Å². The van der Waals surface area contributed by atoms with E-state index in [4.69, 9.17) is 4.42 Å². The van der Waals surface area contributed by atoms with E-state index in [0.717, 1.165) is 17.0 Å². The van der Waals surface area contributed by atoms with Gasteiger partial charge >= 0.3 is 0 Å². The maximum Gasteiger partial charge on any atom is 0.287 e. The summed E-state index contributed by atoms with van der Waals surface area (Å²) in [5.74, 6) is 0.289. The second-order valence-corrected chi connectivity index (χ2v) is 6.91. The average Bonchev–Trinajstić information content (AvgIpc) is 3.19. The van der Waals surface area contributed by atoms with Gasteiger partial charge in [-0.15, -0.1) is 0 Å². The first-order valence-corrected chi connectivity index (χ1v) is 8.58. The Hall–Kier alpha value is -2.19. The summed E-state index contributed by atoms with van der Waals surface area (Å²) < 4.78 is 5.65. The number of anilines is 1. The van der Waals surface area contributed by atoms with Crippen molar-refractivity contribution in [2.24, 2.45) is 0 Å². The second kappa shape index (κ2) is 6.74. The monoisotopic (exact) mass is 349 g/mol. The number of hydrogen-bond acceptors (Lipinski definition) is 6. The number of aromatic nitrogens is 1. The predicted octanol–water partition coefficient (Wildman–Crippen LogP) is 2.31. The Balaban J connectivity index is 1.72. The lowest BCUT2D eigenvalue weighted by molar-refractivity contribution is -0.114. The summed E-state index contributed by atoms with van der Waals surface area (Å²) in [7, 11) is 0. The molecule has 1 aliphatic rings. The van der Waals surface area contributed by atoms with Crippen LogP contribution in [0.25, 0.3) is 10.6 Å². The maximum absolute atomic E-state index is 12.2. The zero-order valence-corrected chi connectivity index (χ0v) is 14.3. The Morgan fingerprint density at radius 3 is 2.83 bits per heavy atom. The van der Waals surface area contributed by atoms with E-state index in [0.29, 0.717) is 23.7 Å². The second-order valence-electron chi connectivity index (χ2n) is 5.92. The molecule has 0 aromatic carbocycles. The first kappa shape index (κ1) is 16.7. The molecule has 1 fully saturated rings. The fraction of sp³-hybridized carbons (Fsp3) is 0.438. The summed E-state index contributed by atoms with van der Waals surface area (Å²) in [5.41, 5.74) is 0.726. The minimum atomic E-state index is -0.338. The van der Waals surface area contributed by atoms with Crippen molar-refractivity contribution in [1.82, 2.24) is 10.3 Å². The van der Waals surface area contributed by atoms with Crippen LogP contribution in [-0.2, 0) is 4.79 Å². The van der Waals surface area contributed by atoms with E-state index in [1.165, 1.54) is 18.3 Å². The molecule has 2 unspecified atom stereocenters. The highest BCUT2D eigenvalue weighted by molar-refractivity contribution is 7.19. The van der Waals surface area contributed by atoms with E-state index >= 15 is 0 Å². The van der Waals surface area contributed by atoms with Gasteiger partial charge in [-0.25, -0.2) is 4.98 Å². The van der Waals surface area contributed by atoms with Crippen LogP contribution in [0, 0.1) is 6.92 Å². The normalized spacial score (nSPS) is 20.1. The molecule has 0 saturated heterocycles. The zero-order chi connectivity index (χ0) is 17.3. The van der Waals surface area contributed by atoms with Crippen LogP contribution in [0.15, 0.2) is 16.5 Å². The van der Waals surface area contributed by atoms with Crippen LogP contribution in [0.3, 0.4) is 0 Å². The zero-order valence-electron chi connectivity index (χ0n) is 13.5. The summed E-state index contributed by atoms with van der Waals surface area (Å²) >= 11 is 1.30. The summed E-state index contributed by atoms with van der Waals surface area (Å²) in [6.45, 7) is 3.24. The molecule has 24 heavy (non-hydrogen) atoms. The highest BCUT2D eigenvalue weighted by Gasteiger charge is 2.25. The van der Waals surface area contributed by atoms with Gasteiger partial charge in [-0.2, -0.15) is 0 Å². The summed E-state index contributed by atoms with van der Waals surface area (Å²) in [6.07, 6.45) is 1.72. The first-order chi connectivity index (χ1) is 11.4. The van der Waals surface area contributed by atoms with E-state index in [2.05, 4.69) is 15.6 Å². The first-order valence-electron chi connectivity index (χ1n) is 7.76. The van der Waals surface area contributed by atoms with Crippen molar-refractivity contribution in [2.45, 2.75) is 45.3 Å². The minimum absolute atomic E-state index is 0.0161. The molecule has 2 aromatic rings. The molecular formula is C16H19N3O4S. The van der Waals surface area contributed by atoms with Crippen LogP contribution in [0.2, 0.25) is 0 Å². The molecule has 8 heteroatoms. The fourth-order valence-corrected chi connectivity index (χ4v) is 3.73. The quantitative estimate of drug-likeness (QED) is 0.786. The molecule has 2 amide bonds. The molecule has 2 atom stereocenters. The predicted molar refractivity (Wildman–Crippen MR) is 90.0 cm³/mol. The van der Waals surface area contributed by atoms with Gasteiger partial charge in [-0.1, -0.05) is 11.3 Å². The number of amides is 2. The number of aliphatic hydroxyl groups excluding tert-OH is 1. The Kier molecular flexibility index (Phi) is 4.68. The molecule has 0 spiro atoms. The Labute approximate surface area is 143 Å². The van der Waals surface area contributed by atoms with Gasteiger partial charge in [0, 0.05) is 13.0 Å². The van der Waals surface area contributed by atoms with Crippen molar-refractivity contribution in [3.63, 3.8) is 0 Å². The number of carbonyl (C=O) groups excluding carboxylic acids is 2. The molecule has 7 nitrogen and oxygen atoms in total. The third-order valence-electron chi connectivity index (χ3n) is 3.87. The van der Waals surface area contributed by atoms with Gasteiger partial charge in [0.1, 0.15) is 5.76 Å². The minimum Gasteiger partial charge on any atom is -0.450 e. The van der Waals surface area contributed by atoms with E-state index in [-0.39, 0.29) is 29.7 Å². The van der Waals surface area contributed by atoms with Crippen molar-refractivity contribution in [2.75, 3.05) is 5.32 Å². The number of nitrogens with one attached hydrogen (secondary N) is 2. The third-order valence-corrected chi connectivity index (χ3v) is 4.96. The molecule has 3 N–H and O–H groups in total. The fourth-order valence-electron chi connectivity index (χ4n) is 2.76. The lowest BCUT2D eigenvalue weighted by Crippen LogP contribution is -2.32. The van der Waals surface area contributed by atoms with Gasteiger partial charge in [0.2, 0.25) is 5.91 Å². The highest BCUT2D eigenvalue weighted by Crippen LogP contribution is 2.34. The maximum atomic E-state index is 12.2. The number of furan rings is 1. The highest BCUT2D eigenvalue weighted by atomic mass is 32.1. The lowest BCUT2D eigenvalue weighted by atomic mass is 10.2. The van der Waals surface area contributed by atoms with E-state index in [1.807, 2.05) is 6.92 Å². The standard InChI is InChI=1S/C16H19N3O4S/c1-8-14(24-16(17-8)18-9(2)20)12-5-6-13(23-12)15(22)19-10-3-4-11(21)7-10/h5-6,10-11,21H,3-4,7H2,1-2H3,(H,19,22)(H,17,18,20). The Bertz CT molecular complexity index is 767. The van der Waals surface area contributed by atoms with Crippen molar-refractivity contribution < 1.29 is 19.1 Å². The van der Waals surface area contributed by atoms with Crippen LogP contribution in [0.1, 0.15) is 42.4 Å². The smallest absolute Gasteiger partial charge is 0.287 e. The van der Waals surface area contributed by atoms with Crippen molar-refractivity contribution >= 4 is 28.3 Å². The topological polar surface area (TPSA) is 104 Å². The molecule has 1 aliphatic carbocycles. The number of nitrogens with zero attached hydrogens (tertiary/aromatic N) is 1. The molecule has 0 radical (unpaired) electrons. The number of hydrogen-bond donors (Lipinski definition) is 3. The number of rotatable bonds is 4. The number of aryl methyl sites for hydroxylation is 1. The van der Waals surface area contributed by atoms with Crippen LogP contribution >= 0.6 is 11.3 Å². The van der Waals surface area contributed by atoms with Crippen LogP contribution in [0.5, 0.6) is 0 Å². The molecule has 2 heterocycles. The third kappa shape index (κ3) is 3.65. The van der Waals surface area contributed by atoms with E-state index < -0.39 is 0 Å². The summed E-state index contributed by atoms with van der Waals surface area (Å²) in [4.78, 5) is 28.4. The number of aliphatic hydroxyl groups is 1. The molecule has 1 saturated carbocycles. The summed E-state index contributed by atoms with van der Waals surface area (Å²) in [6, 6.07) is 3.32. The van der Waals surface area contributed by atoms with E-state index in [9.17, 15) is 14.7 Å². The number of carbonyl (C=O) groups is 2. The Morgan fingerprint density at radius 1 is 1.38 bits per heavy atom. The van der Waals surface area contributed by atoms with Crippen LogP contribution in [0.4, 0.5) is 5.13 Å². The molecular weight excluding hydrogens is 330 g/mol. The van der Waals surface area contributed by atoms with E-state index in [1.54, 1.807) is 12.1 Å². The molecule has 0 aliphatic heterocycles. The molecule has 2 aromatic heterocycles. The van der Waals surface area contributed by atoms with Crippen LogP contribution in [-0.4, -0.2) is 34.1 Å². The van der Waals surface area contributed by atoms with Gasteiger partial charge in [-0.3, -0.25) is 9.59 Å². The van der Waals surface area contributed by atoms with Gasteiger partial charge in [0.25, 0.3) is 5.91 Å². The van der Waals surface area contributed by atoms with Gasteiger partial charge < -0.3 is 20.2 Å². The van der Waals surface area contributed by atoms with Crippen molar-refractivity contribution in [3.05, 3.63) is 23.6 Å². The molecule has 3 rings (SSSR count). The van der Waals surface area contributed by atoms with Crippen molar-refractivity contribution in [3.8, 4) is 10.6 Å². The van der Waals surface area contributed by atoms with Gasteiger partial charge in [-0.05, 0) is 38.3 Å². The van der Waals surface area contributed by atoms with Gasteiger partial charge in [0.05, 0.1) is 16.7 Å². The Morgan fingerprint density at radius 2 is 2.17 bits per heavy atom. The lowest BCUT2D eigenvalue weighted by Gasteiger charge is -2.10.